The van der Waals surface area contributed by atoms with E-state index in [-0.39, 0.29) is 5.91 Å². The van der Waals surface area contributed by atoms with Gasteiger partial charge in [-0.1, -0.05) is 80.4 Å². The fourth-order valence-corrected chi connectivity index (χ4v) is 5.41. The van der Waals surface area contributed by atoms with Gasteiger partial charge in [0.15, 0.2) is 5.60 Å². The SMILES string of the molecule is CCCCCC(O)(C(=O)N(C)CC1C2CN(Cc3ccccc3)CC21)c1ccccc1. The molecule has 4 heteroatoms. The van der Waals surface area contributed by atoms with E-state index in [1.54, 1.807) is 4.90 Å². The Bertz CT molecular complexity index is 844. The molecule has 0 radical (unpaired) electrons. The summed E-state index contributed by atoms with van der Waals surface area (Å²) in [6.07, 6.45) is 3.43. The third kappa shape index (κ3) is 4.86. The van der Waals surface area contributed by atoms with Gasteiger partial charge in [0, 0.05) is 33.2 Å². The van der Waals surface area contributed by atoms with Crippen LogP contribution in [0.15, 0.2) is 60.7 Å². The number of hydrogen-bond donors (Lipinski definition) is 1. The molecule has 1 aliphatic carbocycles. The van der Waals surface area contributed by atoms with Crippen molar-refractivity contribution >= 4 is 5.91 Å². The van der Waals surface area contributed by atoms with Gasteiger partial charge in [-0.15, -0.1) is 0 Å². The normalized spacial score (nSPS) is 24.4. The van der Waals surface area contributed by atoms with Crippen LogP contribution in [0.3, 0.4) is 0 Å². The van der Waals surface area contributed by atoms with Crippen LogP contribution in [-0.2, 0) is 16.9 Å². The van der Waals surface area contributed by atoms with E-state index in [9.17, 15) is 9.90 Å². The van der Waals surface area contributed by atoms with Crippen LogP contribution in [0, 0.1) is 17.8 Å². The van der Waals surface area contributed by atoms with Gasteiger partial charge < -0.3 is 10.0 Å². The molecule has 1 aliphatic heterocycles. The van der Waals surface area contributed by atoms with Gasteiger partial charge in [-0.3, -0.25) is 9.69 Å². The number of nitrogens with zero attached hydrogens (tertiary/aromatic N) is 2. The monoisotopic (exact) mass is 420 g/mol. The minimum Gasteiger partial charge on any atom is -0.375 e. The van der Waals surface area contributed by atoms with Crippen molar-refractivity contribution in [3.05, 3.63) is 71.8 Å². The molecule has 166 valence electrons. The third-order valence-corrected chi connectivity index (χ3v) is 7.27. The molecule has 2 fully saturated rings. The molecule has 1 N–H and O–H groups in total. The molecule has 4 nitrogen and oxygen atoms in total. The predicted octanol–water partition coefficient (Wildman–Crippen LogP) is 4.29. The molecule has 0 aromatic heterocycles. The van der Waals surface area contributed by atoms with Gasteiger partial charge >= 0.3 is 0 Å². The summed E-state index contributed by atoms with van der Waals surface area (Å²) in [6.45, 7) is 6.14. The summed E-state index contributed by atoms with van der Waals surface area (Å²) in [6, 6.07) is 20.1. The summed E-state index contributed by atoms with van der Waals surface area (Å²) >= 11 is 0. The molecule has 1 saturated carbocycles. The molecule has 31 heavy (non-hydrogen) atoms. The summed E-state index contributed by atoms with van der Waals surface area (Å²) in [5.41, 5.74) is 0.662. The fourth-order valence-electron chi connectivity index (χ4n) is 5.41. The Morgan fingerprint density at radius 1 is 1.03 bits per heavy atom. The number of amides is 1. The maximum absolute atomic E-state index is 13.4. The number of unbranched alkanes of at least 4 members (excludes halogenated alkanes) is 2. The first-order chi connectivity index (χ1) is 15.0. The van der Waals surface area contributed by atoms with Crippen LogP contribution in [0.2, 0.25) is 0 Å². The minimum absolute atomic E-state index is 0.152. The molecule has 1 heterocycles. The highest BCUT2D eigenvalue weighted by Gasteiger charge is 2.56. The Morgan fingerprint density at radius 2 is 1.65 bits per heavy atom. The Morgan fingerprint density at radius 3 is 2.26 bits per heavy atom. The number of likely N-dealkylation sites (tertiary alicyclic amines) is 1. The van der Waals surface area contributed by atoms with Crippen LogP contribution in [0.1, 0.15) is 43.7 Å². The predicted molar refractivity (Wildman–Crippen MR) is 124 cm³/mol. The Labute approximate surface area is 186 Å². The molecule has 1 amide bonds. The van der Waals surface area contributed by atoms with E-state index in [4.69, 9.17) is 0 Å². The highest BCUT2D eigenvalue weighted by Crippen LogP contribution is 2.52. The quantitative estimate of drug-likeness (QED) is 0.583. The van der Waals surface area contributed by atoms with E-state index in [1.165, 1.54) is 5.56 Å². The van der Waals surface area contributed by atoms with Gasteiger partial charge in [0.25, 0.3) is 5.91 Å². The van der Waals surface area contributed by atoms with E-state index in [0.717, 1.165) is 45.4 Å². The van der Waals surface area contributed by atoms with Crippen LogP contribution in [-0.4, -0.2) is 47.5 Å². The van der Waals surface area contributed by atoms with Crippen molar-refractivity contribution in [3.8, 4) is 0 Å². The zero-order valence-electron chi connectivity index (χ0n) is 18.9. The smallest absolute Gasteiger partial charge is 0.258 e. The first kappa shape index (κ1) is 22.0. The van der Waals surface area contributed by atoms with Gasteiger partial charge in [-0.2, -0.15) is 0 Å². The number of hydrogen-bond acceptors (Lipinski definition) is 3. The first-order valence-corrected chi connectivity index (χ1v) is 11.8. The third-order valence-electron chi connectivity index (χ3n) is 7.27. The molecule has 3 atom stereocenters. The molecule has 2 aromatic rings. The molecule has 3 unspecified atom stereocenters. The molecular weight excluding hydrogens is 384 g/mol. The number of piperidine rings is 1. The zero-order valence-corrected chi connectivity index (χ0v) is 18.9. The summed E-state index contributed by atoms with van der Waals surface area (Å²) in [7, 11) is 1.87. The molecule has 0 bridgehead atoms. The molecule has 2 aromatic carbocycles. The largest absolute Gasteiger partial charge is 0.375 e. The van der Waals surface area contributed by atoms with Crippen LogP contribution in [0.5, 0.6) is 0 Å². The van der Waals surface area contributed by atoms with Gasteiger partial charge in [-0.05, 0) is 41.7 Å². The lowest BCUT2D eigenvalue weighted by molar-refractivity contribution is -0.152. The van der Waals surface area contributed by atoms with E-state index >= 15 is 0 Å². The van der Waals surface area contributed by atoms with Crippen molar-refractivity contribution in [2.24, 2.45) is 17.8 Å². The Kier molecular flexibility index (Phi) is 6.78. The topological polar surface area (TPSA) is 43.8 Å². The molecular formula is C27H36N2O2. The van der Waals surface area contributed by atoms with E-state index in [0.29, 0.717) is 29.7 Å². The van der Waals surface area contributed by atoms with Crippen molar-refractivity contribution in [2.45, 2.75) is 44.8 Å². The van der Waals surface area contributed by atoms with Gasteiger partial charge in [0.05, 0.1) is 0 Å². The molecule has 4 rings (SSSR count). The summed E-state index contributed by atoms with van der Waals surface area (Å²) < 4.78 is 0. The van der Waals surface area contributed by atoms with Gasteiger partial charge in [0.2, 0.25) is 0 Å². The number of aliphatic hydroxyl groups is 1. The highest BCUT2D eigenvalue weighted by molar-refractivity contribution is 5.86. The number of fused-ring (bicyclic) bond motifs is 1. The minimum atomic E-state index is -1.42. The van der Waals surface area contributed by atoms with Crippen LogP contribution in [0.4, 0.5) is 0 Å². The summed E-state index contributed by atoms with van der Waals surface area (Å²) in [4.78, 5) is 17.7. The number of carbonyl (C=O) groups excluding carboxylic acids is 1. The zero-order chi connectivity index (χ0) is 21.8. The van der Waals surface area contributed by atoms with Crippen LogP contribution >= 0.6 is 0 Å². The second kappa shape index (κ2) is 9.54. The lowest BCUT2D eigenvalue weighted by Crippen LogP contribution is -2.46. The lowest BCUT2D eigenvalue weighted by atomic mass is 9.87. The van der Waals surface area contributed by atoms with Crippen molar-refractivity contribution in [1.29, 1.82) is 0 Å². The second-order valence-electron chi connectivity index (χ2n) is 9.54. The molecule has 0 spiro atoms. The van der Waals surface area contributed by atoms with Crippen LogP contribution in [0.25, 0.3) is 0 Å². The van der Waals surface area contributed by atoms with E-state index < -0.39 is 5.60 Å². The number of carbonyl (C=O) groups is 1. The average molecular weight is 421 g/mol. The van der Waals surface area contributed by atoms with E-state index in [1.807, 2.05) is 37.4 Å². The average Bonchev–Trinajstić information content (AvgIpc) is 3.23. The number of likely N-dealkylation sites (N-methyl/N-ethyl adjacent to an activating group) is 1. The van der Waals surface area contributed by atoms with Gasteiger partial charge in [0.1, 0.15) is 0 Å². The summed E-state index contributed by atoms with van der Waals surface area (Å²) in [5.74, 6) is 1.78. The second-order valence-corrected chi connectivity index (χ2v) is 9.54. The fraction of sp³-hybridized carbons (Fsp3) is 0.519. The Hall–Kier alpha value is -2.17. The Balaban J connectivity index is 1.34. The van der Waals surface area contributed by atoms with Gasteiger partial charge in [-0.25, -0.2) is 0 Å². The first-order valence-electron chi connectivity index (χ1n) is 11.8. The van der Waals surface area contributed by atoms with Crippen molar-refractivity contribution in [1.82, 2.24) is 9.80 Å². The summed E-state index contributed by atoms with van der Waals surface area (Å²) in [5, 5.41) is 11.5. The maximum atomic E-state index is 13.4. The molecule has 2 aliphatic rings. The lowest BCUT2D eigenvalue weighted by Gasteiger charge is -2.32. The molecule has 1 saturated heterocycles. The number of benzene rings is 2. The number of rotatable bonds is 10. The van der Waals surface area contributed by atoms with Crippen LogP contribution < -0.4 is 0 Å². The van der Waals surface area contributed by atoms with Crippen molar-refractivity contribution in [3.63, 3.8) is 0 Å². The highest BCUT2D eigenvalue weighted by atomic mass is 16.3. The van der Waals surface area contributed by atoms with Crippen molar-refractivity contribution in [2.75, 3.05) is 26.7 Å². The standard InChI is InChI=1S/C27H36N2O2/c1-3-4-11-16-27(31,22-14-9-6-10-15-22)26(30)28(2)18-23-24-19-29(20-25(23)24)17-21-12-7-5-8-13-21/h5-10,12-15,23-25,31H,3-4,11,16-20H2,1-2H3. The van der Waals surface area contributed by atoms with Crippen molar-refractivity contribution < 1.29 is 9.90 Å². The maximum Gasteiger partial charge on any atom is 0.258 e. The van der Waals surface area contributed by atoms with E-state index in [2.05, 4.69) is 42.2 Å².